The van der Waals surface area contributed by atoms with Gasteiger partial charge in [0.05, 0.1) is 5.71 Å². The van der Waals surface area contributed by atoms with Crippen molar-refractivity contribution in [3.63, 3.8) is 0 Å². The first-order chi connectivity index (χ1) is 10.8. The van der Waals surface area contributed by atoms with E-state index < -0.39 is 0 Å². The second-order valence-corrected chi connectivity index (χ2v) is 5.29. The van der Waals surface area contributed by atoms with Crippen LogP contribution in [0, 0.1) is 0 Å². The zero-order valence-electron chi connectivity index (χ0n) is 12.7. The fourth-order valence-electron chi connectivity index (χ4n) is 2.51. The highest BCUT2D eigenvalue weighted by atomic mass is 14.8. The van der Waals surface area contributed by atoms with Crippen molar-refractivity contribution in [3.05, 3.63) is 107 Å². The standard InChI is InChI=1S/C21H19N/c1-17(18-11-5-2-6-12-18)22-21(19-13-7-3-8-14-19)20-15-9-4-10-16-20/h2-11,13-16H,12H2,1H3/b18-17+. The minimum absolute atomic E-state index is 0.947. The third-order valence-electron chi connectivity index (χ3n) is 3.72. The van der Waals surface area contributed by atoms with Gasteiger partial charge in [-0.1, -0.05) is 85.0 Å². The monoisotopic (exact) mass is 285 g/mol. The van der Waals surface area contributed by atoms with E-state index in [0.717, 1.165) is 29.0 Å². The van der Waals surface area contributed by atoms with E-state index in [1.54, 1.807) is 0 Å². The zero-order valence-corrected chi connectivity index (χ0v) is 12.7. The maximum Gasteiger partial charge on any atom is 0.0777 e. The van der Waals surface area contributed by atoms with Gasteiger partial charge in [-0.3, -0.25) is 4.99 Å². The Hall–Kier alpha value is -2.67. The number of nitrogens with zero attached hydrogens (tertiary/aromatic N) is 1. The van der Waals surface area contributed by atoms with Crippen LogP contribution in [0.25, 0.3) is 0 Å². The number of allylic oxidation sites excluding steroid dienone is 6. The molecule has 0 aliphatic heterocycles. The Bertz CT molecular complexity index is 706. The summed E-state index contributed by atoms with van der Waals surface area (Å²) in [6.45, 7) is 2.09. The highest BCUT2D eigenvalue weighted by Gasteiger charge is 2.08. The van der Waals surface area contributed by atoms with Crippen LogP contribution < -0.4 is 0 Å². The maximum atomic E-state index is 4.95. The average Bonchev–Trinajstić information content (AvgIpc) is 2.62. The fraction of sp³-hybridized carbons (Fsp3) is 0.0952. The first-order valence-electron chi connectivity index (χ1n) is 7.57. The Morgan fingerprint density at radius 3 is 1.91 bits per heavy atom. The normalized spacial score (nSPS) is 15.5. The molecule has 0 saturated heterocycles. The molecule has 22 heavy (non-hydrogen) atoms. The number of hydrogen-bond donors (Lipinski definition) is 0. The quantitative estimate of drug-likeness (QED) is 0.677. The number of hydrogen-bond acceptors (Lipinski definition) is 1. The van der Waals surface area contributed by atoms with Crippen LogP contribution in [0.5, 0.6) is 0 Å². The van der Waals surface area contributed by atoms with E-state index >= 15 is 0 Å². The third kappa shape index (κ3) is 3.32. The largest absolute Gasteiger partial charge is 0.252 e. The molecule has 0 atom stereocenters. The number of benzene rings is 2. The fourth-order valence-corrected chi connectivity index (χ4v) is 2.51. The second-order valence-electron chi connectivity index (χ2n) is 5.29. The van der Waals surface area contributed by atoms with E-state index in [1.807, 2.05) is 12.1 Å². The molecule has 2 aromatic carbocycles. The van der Waals surface area contributed by atoms with Crippen molar-refractivity contribution in [1.29, 1.82) is 0 Å². The van der Waals surface area contributed by atoms with Crippen molar-refractivity contribution < 1.29 is 0 Å². The van der Waals surface area contributed by atoms with E-state index in [9.17, 15) is 0 Å². The van der Waals surface area contributed by atoms with Crippen LogP contribution >= 0.6 is 0 Å². The summed E-state index contributed by atoms with van der Waals surface area (Å²) in [7, 11) is 0. The highest BCUT2D eigenvalue weighted by Crippen LogP contribution is 2.19. The predicted molar refractivity (Wildman–Crippen MR) is 94.1 cm³/mol. The molecule has 0 heterocycles. The summed E-state index contributed by atoms with van der Waals surface area (Å²) >= 11 is 0. The topological polar surface area (TPSA) is 12.4 Å². The summed E-state index contributed by atoms with van der Waals surface area (Å²) in [5.74, 6) is 0. The molecule has 2 aromatic rings. The lowest BCUT2D eigenvalue weighted by Gasteiger charge is -2.10. The minimum Gasteiger partial charge on any atom is -0.252 e. The SMILES string of the molecule is C/C(N=C(c1ccccc1)c1ccccc1)=C1/C=CC=CC1. The Balaban J connectivity index is 2.08. The van der Waals surface area contributed by atoms with Gasteiger partial charge in [-0.05, 0) is 18.9 Å². The molecule has 0 saturated carbocycles. The van der Waals surface area contributed by atoms with Crippen molar-refractivity contribution in [2.24, 2.45) is 4.99 Å². The van der Waals surface area contributed by atoms with Crippen molar-refractivity contribution in [2.75, 3.05) is 0 Å². The molecule has 0 bridgehead atoms. The summed E-state index contributed by atoms with van der Waals surface area (Å²) in [6.07, 6.45) is 9.41. The van der Waals surface area contributed by atoms with Crippen LogP contribution in [0.15, 0.2) is 101 Å². The van der Waals surface area contributed by atoms with E-state index in [0.29, 0.717) is 0 Å². The first-order valence-corrected chi connectivity index (χ1v) is 7.57. The van der Waals surface area contributed by atoms with Crippen molar-refractivity contribution in [1.82, 2.24) is 0 Å². The second kappa shape index (κ2) is 6.86. The van der Waals surface area contributed by atoms with Gasteiger partial charge in [0.1, 0.15) is 0 Å². The molecule has 1 nitrogen and oxygen atoms in total. The van der Waals surface area contributed by atoms with Crippen molar-refractivity contribution in [2.45, 2.75) is 13.3 Å². The molecule has 108 valence electrons. The van der Waals surface area contributed by atoms with Crippen LogP contribution in [0.2, 0.25) is 0 Å². The van der Waals surface area contributed by atoms with Gasteiger partial charge < -0.3 is 0 Å². The molecule has 1 aliphatic carbocycles. The lowest BCUT2D eigenvalue weighted by Crippen LogP contribution is -2.04. The van der Waals surface area contributed by atoms with Crippen LogP contribution in [0.1, 0.15) is 24.5 Å². The van der Waals surface area contributed by atoms with Gasteiger partial charge in [0.2, 0.25) is 0 Å². The predicted octanol–water partition coefficient (Wildman–Crippen LogP) is 5.31. The van der Waals surface area contributed by atoms with Gasteiger partial charge >= 0.3 is 0 Å². The highest BCUT2D eigenvalue weighted by molar-refractivity contribution is 6.13. The van der Waals surface area contributed by atoms with Gasteiger partial charge in [0.25, 0.3) is 0 Å². The number of aliphatic imine (C=N–C) groups is 1. The zero-order chi connectivity index (χ0) is 15.2. The van der Waals surface area contributed by atoms with Crippen molar-refractivity contribution in [3.8, 4) is 0 Å². The van der Waals surface area contributed by atoms with E-state index in [-0.39, 0.29) is 0 Å². The molecule has 0 spiro atoms. The first kappa shape index (κ1) is 14.3. The molecule has 0 unspecified atom stereocenters. The molecule has 0 aromatic heterocycles. The Labute approximate surface area is 132 Å². The summed E-state index contributed by atoms with van der Waals surface area (Å²) in [5.41, 5.74) is 5.65. The third-order valence-corrected chi connectivity index (χ3v) is 3.72. The van der Waals surface area contributed by atoms with Gasteiger partial charge in [0, 0.05) is 16.8 Å². The van der Waals surface area contributed by atoms with Crippen LogP contribution in [-0.2, 0) is 0 Å². The molecular formula is C21H19N. The minimum atomic E-state index is 0.947. The summed E-state index contributed by atoms with van der Waals surface area (Å²) in [6, 6.07) is 20.7. The van der Waals surface area contributed by atoms with Gasteiger partial charge in [-0.15, -0.1) is 0 Å². The molecule has 0 N–H and O–H groups in total. The van der Waals surface area contributed by atoms with Crippen molar-refractivity contribution >= 4 is 5.71 Å². The van der Waals surface area contributed by atoms with Gasteiger partial charge in [-0.2, -0.15) is 0 Å². The van der Waals surface area contributed by atoms with Crippen LogP contribution in [0.4, 0.5) is 0 Å². The molecule has 3 rings (SSSR count). The molecule has 0 fully saturated rings. The van der Waals surface area contributed by atoms with Gasteiger partial charge in [0.15, 0.2) is 0 Å². The summed E-state index contributed by atoms with van der Waals surface area (Å²) < 4.78 is 0. The molecule has 1 heteroatoms. The Kier molecular flexibility index (Phi) is 4.45. The number of rotatable bonds is 3. The van der Waals surface area contributed by atoms with Crippen LogP contribution in [-0.4, -0.2) is 5.71 Å². The maximum absolute atomic E-state index is 4.95. The van der Waals surface area contributed by atoms with Crippen LogP contribution in [0.3, 0.4) is 0 Å². The van der Waals surface area contributed by atoms with Gasteiger partial charge in [-0.25, -0.2) is 0 Å². The lowest BCUT2D eigenvalue weighted by molar-refractivity contribution is 1.15. The lowest BCUT2D eigenvalue weighted by atomic mass is 10.0. The Morgan fingerprint density at radius 1 is 0.818 bits per heavy atom. The van der Waals surface area contributed by atoms with E-state index in [2.05, 4.69) is 79.8 Å². The molecular weight excluding hydrogens is 266 g/mol. The average molecular weight is 285 g/mol. The molecule has 0 radical (unpaired) electrons. The summed E-state index contributed by atoms with van der Waals surface area (Å²) in [5, 5.41) is 0. The Morgan fingerprint density at radius 2 is 1.41 bits per heavy atom. The van der Waals surface area contributed by atoms with E-state index in [4.69, 9.17) is 4.99 Å². The summed E-state index contributed by atoms with van der Waals surface area (Å²) in [4.78, 5) is 4.95. The molecule has 0 amide bonds. The molecule has 1 aliphatic rings. The van der Waals surface area contributed by atoms with E-state index in [1.165, 1.54) is 5.57 Å². The smallest absolute Gasteiger partial charge is 0.0777 e.